The van der Waals surface area contributed by atoms with E-state index >= 15 is 0 Å². The molecule has 0 bridgehead atoms. The second-order valence-corrected chi connectivity index (χ2v) is 11.6. The molecule has 0 spiro atoms. The van der Waals surface area contributed by atoms with E-state index in [2.05, 4.69) is 5.32 Å². The molecule has 4 rings (SSSR count). The van der Waals surface area contributed by atoms with Gasteiger partial charge >= 0.3 is 5.97 Å². The van der Waals surface area contributed by atoms with Gasteiger partial charge in [0.15, 0.2) is 5.11 Å². The number of sulfonamides is 1. The molecular formula is C25H26FN3O4S3. The number of carbonyl (C=O) groups is 1. The second-order valence-electron chi connectivity index (χ2n) is 8.11. The summed E-state index contributed by atoms with van der Waals surface area (Å²) < 4.78 is 45.6. The van der Waals surface area contributed by atoms with Gasteiger partial charge in [-0.3, -0.25) is 0 Å². The molecule has 3 aromatic rings. The molecule has 1 aliphatic heterocycles. The quantitative estimate of drug-likeness (QED) is 0.348. The lowest BCUT2D eigenvalue weighted by Crippen LogP contribution is -2.51. The number of thiophene rings is 1. The number of benzene rings is 2. The van der Waals surface area contributed by atoms with Crippen molar-refractivity contribution in [2.45, 2.75) is 18.2 Å². The number of piperazine rings is 1. The summed E-state index contributed by atoms with van der Waals surface area (Å²) in [6, 6.07) is 16.6. The molecule has 2 heterocycles. The average molecular weight is 548 g/mol. The zero-order valence-electron chi connectivity index (χ0n) is 19.6. The number of carbonyl (C=O) groups excluding carboxylic acids is 1. The average Bonchev–Trinajstić information content (AvgIpc) is 3.27. The molecule has 0 saturated carbocycles. The van der Waals surface area contributed by atoms with Crippen molar-refractivity contribution in [2.24, 2.45) is 0 Å². The van der Waals surface area contributed by atoms with Gasteiger partial charge in [-0.25, -0.2) is 17.6 Å². The Labute approximate surface area is 219 Å². The smallest absolute Gasteiger partial charge is 0.341 e. The van der Waals surface area contributed by atoms with Crippen molar-refractivity contribution in [2.75, 3.05) is 38.1 Å². The van der Waals surface area contributed by atoms with Gasteiger partial charge in [0.2, 0.25) is 10.0 Å². The van der Waals surface area contributed by atoms with Gasteiger partial charge in [0.05, 0.1) is 17.1 Å². The van der Waals surface area contributed by atoms with Crippen LogP contribution in [0.1, 0.15) is 27.7 Å². The third-order valence-electron chi connectivity index (χ3n) is 5.70. The fraction of sp³-hybridized carbons (Fsp3) is 0.280. The van der Waals surface area contributed by atoms with Gasteiger partial charge in [0.1, 0.15) is 10.8 Å². The minimum atomic E-state index is -3.72. The number of anilines is 1. The van der Waals surface area contributed by atoms with Gasteiger partial charge < -0.3 is 15.0 Å². The molecule has 7 nitrogen and oxygen atoms in total. The molecule has 2 aromatic carbocycles. The van der Waals surface area contributed by atoms with Crippen LogP contribution in [-0.2, 0) is 21.2 Å². The third kappa shape index (κ3) is 6.09. The highest BCUT2D eigenvalue weighted by Crippen LogP contribution is 2.31. The molecule has 0 aliphatic carbocycles. The SMILES string of the molecule is CCOC(=O)c1cc(Cc2ccccc2)sc1NC(=S)N1CCN(S(=O)(=O)c2ccc(F)cc2)CC1. The molecule has 1 fully saturated rings. The van der Waals surface area contributed by atoms with E-state index in [-0.39, 0.29) is 24.6 Å². The fourth-order valence-corrected chi connectivity index (χ4v) is 6.69. The van der Waals surface area contributed by atoms with Crippen molar-refractivity contribution in [3.8, 4) is 0 Å². The summed E-state index contributed by atoms with van der Waals surface area (Å²) in [5.74, 6) is -0.911. The lowest BCUT2D eigenvalue weighted by Gasteiger charge is -2.35. The van der Waals surface area contributed by atoms with E-state index < -0.39 is 21.8 Å². The summed E-state index contributed by atoms with van der Waals surface area (Å²) in [5, 5.41) is 4.19. The van der Waals surface area contributed by atoms with Crippen molar-refractivity contribution >= 4 is 49.7 Å². The molecule has 0 atom stereocenters. The Kier molecular flexibility index (Phi) is 8.35. The molecule has 1 aliphatic rings. The van der Waals surface area contributed by atoms with Gasteiger partial charge in [-0.05, 0) is 55.0 Å². The van der Waals surface area contributed by atoms with E-state index in [1.165, 1.54) is 27.8 Å². The Morgan fingerprint density at radius 1 is 1.08 bits per heavy atom. The first kappa shape index (κ1) is 26.2. The molecule has 1 N–H and O–H groups in total. The Bertz CT molecular complexity index is 1320. The molecule has 0 amide bonds. The normalized spacial score (nSPS) is 14.4. The van der Waals surface area contributed by atoms with E-state index in [4.69, 9.17) is 17.0 Å². The molecule has 1 saturated heterocycles. The number of thiocarbonyl (C=S) groups is 1. The van der Waals surface area contributed by atoms with Crippen molar-refractivity contribution in [3.63, 3.8) is 0 Å². The van der Waals surface area contributed by atoms with Crippen LogP contribution >= 0.6 is 23.6 Å². The van der Waals surface area contributed by atoms with E-state index in [1.54, 1.807) is 6.92 Å². The Morgan fingerprint density at radius 3 is 2.39 bits per heavy atom. The largest absolute Gasteiger partial charge is 0.462 e. The lowest BCUT2D eigenvalue weighted by atomic mass is 10.1. The Balaban J connectivity index is 1.43. The van der Waals surface area contributed by atoms with Crippen LogP contribution in [0.3, 0.4) is 0 Å². The monoisotopic (exact) mass is 547 g/mol. The van der Waals surface area contributed by atoms with Crippen LogP contribution in [-0.4, -0.2) is 61.5 Å². The number of nitrogens with one attached hydrogen (secondary N) is 1. The number of rotatable bonds is 7. The molecule has 190 valence electrons. The van der Waals surface area contributed by atoms with Crippen LogP contribution in [0.5, 0.6) is 0 Å². The molecule has 0 unspecified atom stereocenters. The van der Waals surface area contributed by atoms with E-state index in [0.29, 0.717) is 35.2 Å². The second kappa shape index (κ2) is 11.5. The van der Waals surface area contributed by atoms with Gasteiger partial charge in [-0.2, -0.15) is 4.31 Å². The highest BCUT2D eigenvalue weighted by Gasteiger charge is 2.30. The number of nitrogens with zero attached hydrogens (tertiary/aromatic N) is 2. The molecule has 1 aromatic heterocycles. The fourth-order valence-electron chi connectivity index (χ4n) is 3.84. The van der Waals surface area contributed by atoms with Crippen molar-refractivity contribution in [1.29, 1.82) is 0 Å². The Hall–Kier alpha value is -2.86. The maximum Gasteiger partial charge on any atom is 0.341 e. The van der Waals surface area contributed by atoms with Crippen LogP contribution in [0.25, 0.3) is 0 Å². The summed E-state index contributed by atoms with van der Waals surface area (Å²) in [4.78, 5) is 15.5. The summed E-state index contributed by atoms with van der Waals surface area (Å²) in [6.45, 7) is 3.24. The van der Waals surface area contributed by atoms with Gasteiger partial charge in [-0.15, -0.1) is 11.3 Å². The summed E-state index contributed by atoms with van der Waals surface area (Å²) in [7, 11) is -3.72. The predicted octanol–water partition coefficient (Wildman–Crippen LogP) is 4.36. The standard InChI is InChI=1S/C25H26FN3O4S3/c1-2-33-24(30)22-17-20(16-18-6-4-3-5-7-18)35-23(22)27-25(34)28-12-14-29(15-13-28)36(31,32)21-10-8-19(26)9-11-21/h3-11,17H,2,12-16H2,1H3,(H,27,34). The zero-order chi connectivity index (χ0) is 25.7. The summed E-state index contributed by atoms with van der Waals surface area (Å²) in [5.41, 5.74) is 1.55. The molecule has 11 heteroatoms. The summed E-state index contributed by atoms with van der Waals surface area (Å²) >= 11 is 7.05. The number of halogens is 1. The summed E-state index contributed by atoms with van der Waals surface area (Å²) in [6.07, 6.45) is 0.673. The number of esters is 1. The number of hydrogen-bond donors (Lipinski definition) is 1. The van der Waals surface area contributed by atoms with Crippen LogP contribution in [0.4, 0.5) is 9.39 Å². The minimum absolute atomic E-state index is 0.0571. The molecular weight excluding hydrogens is 521 g/mol. The van der Waals surface area contributed by atoms with E-state index in [1.807, 2.05) is 41.3 Å². The van der Waals surface area contributed by atoms with Gasteiger partial charge in [0.25, 0.3) is 0 Å². The first-order valence-electron chi connectivity index (χ1n) is 11.4. The van der Waals surface area contributed by atoms with Crippen LogP contribution in [0.15, 0.2) is 65.6 Å². The topological polar surface area (TPSA) is 79.0 Å². The number of ether oxygens (including phenoxy) is 1. The van der Waals surface area contributed by atoms with Gasteiger partial charge in [-0.1, -0.05) is 30.3 Å². The first-order chi connectivity index (χ1) is 17.3. The lowest BCUT2D eigenvalue weighted by molar-refractivity contribution is 0.0528. The first-order valence-corrected chi connectivity index (χ1v) is 14.1. The highest BCUT2D eigenvalue weighted by molar-refractivity contribution is 7.89. The molecule has 0 radical (unpaired) electrons. The Morgan fingerprint density at radius 2 is 1.75 bits per heavy atom. The van der Waals surface area contributed by atoms with Crippen molar-refractivity contribution in [3.05, 3.63) is 82.5 Å². The third-order valence-corrected chi connectivity index (χ3v) is 9.02. The van der Waals surface area contributed by atoms with E-state index in [9.17, 15) is 17.6 Å². The predicted molar refractivity (Wildman–Crippen MR) is 142 cm³/mol. The van der Waals surface area contributed by atoms with Crippen LogP contribution < -0.4 is 5.32 Å². The van der Waals surface area contributed by atoms with Gasteiger partial charge in [0, 0.05) is 37.5 Å². The van der Waals surface area contributed by atoms with E-state index in [0.717, 1.165) is 22.6 Å². The van der Waals surface area contributed by atoms with Crippen LogP contribution in [0.2, 0.25) is 0 Å². The number of hydrogen-bond acceptors (Lipinski definition) is 6. The van der Waals surface area contributed by atoms with Crippen LogP contribution in [0, 0.1) is 5.82 Å². The molecule has 36 heavy (non-hydrogen) atoms. The van der Waals surface area contributed by atoms with Crippen molar-refractivity contribution in [1.82, 2.24) is 9.21 Å². The minimum Gasteiger partial charge on any atom is -0.462 e. The van der Waals surface area contributed by atoms with Crippen molar-refractivity contribution < 1.29 is 22.3 Å². The zero-order valence-corrected chi connectivity index (χ0v) is 22.1. The maximum absolute atomic E-state index is 13.2. The highest BCUT2D eigenvalue weighted by atomic mass is 32.2. The maximum atomic E-state index is 13.2.